The SMILES string of the molecule is CCCCOC(=O)/C(C#N)=C\c1ccc(N)nc1. The van der Waals surface area contributed by atoms with E-state index in [0.717, 1.165) is 12.8 Å². The number of carbonyl (C=O) groups is 1. The highest BCUT2D eigenvalue weighted by atomic mass is 16.5. The molecule has 0 aliphatic carbocycles. The van der Waals surface area contributed by atoms with Crippen LogP contribution in [-0.4, -0.2) is 17.6 Å². The van der Waals surface area contributed by atoms with Gasteiger partial charge in [0, 0.05) is 6.20 Å². The summed E-state index contributed by atoms with van der Waals surface area (Å²) in [5, 5.41) is 8.90. The summed E-state index contributed by atoms with van der Waals surface area (Å²) in [5.74, 6) is -0.223. The predicted molar refractivity (Wildman–Crippen MR) is 68.1 cm³/mol. The molecule has 18 heavy (non-hydrogen) atoms. The van der Waals surface area contributed by atoms with Crippen molar-refractivity contribution in [1.29, 1.82) is 5.26 Å². The van der Waals surface area contributed by atoms with Crippen molar-refractivity contribution in [3.8, 4) is 6.07 Å². The van der Waals surface area contributed by atoms with Gasteiger partial charge in [-0.15, -0.1) is 0 Å². The van der Waals surface area contributed by atoms with Crippen molar-refractivity contribution >= 4 is 17.9 Å². The average Bonchev–Trinajstić information content (AvgIpc) is 2.38. The molecule has 5 nitrogen and oxygen atoms in total. The normalized spacial score (nSPS) is 10.8. The van der Waals surface area contributed by atoms with Crippen LogP contribution in [0.2, 0.25) is 0 Å². The quantitative estimate of drug-likeness (QED) is 0.370. The van der Waals surface area contributed by atoms with Crippen molar-refractivity contribution in [2.45, 2.75) is 19.8 Å². The Hall–Kier alpha value is -2.35. The topological polar surface area (TPSA) is 89.0 Å². The third-order valence-corrected chi connectivity index (χ3v) is 2.19. The van der Waals surface area contributed by atoms with Crippen molar-refractivity contribution in [3.05, 3.63) is 29.5 Å². The van der Waals surface area contributed by atoms with E-state index < -0.39 is 5.97 Å². The fourth-order valence-electron chi connectivity index (χ4n) is 1.19. The molecular weight excluding hydrogens is 230 g/mol. The number of nitrogen functional groups attached to an aromatic ring is 1. The second-order valence-electron chi connectivity index (χ2n) is 3.68. The molecule has 0 amide bonds. The van der Waals surface area contributed by atoms with E-state index in [1.165, 1.54) is 12.3 Å². The largest absolute Gasteiger partial charge is 0.462 e. The summed E-state index contributed by atoms with van der Waals surface area (Å²) in [6.07, 6.45) is 4.64. The van der Waals surface area contributed by atoms with Gasteiger partial charge >= 0.3 is 5.97 Å². The van der Waals surface area contributed by atoms with Gasteiger partial charge in [0.05, 0.1) is 6.61 Å². The number of esters is 1. The first-order valence-corrected chi connectivity index (χ1v) is 5.67. The maximum atomic E-state index is 11.6. The molecule has 1 heterocycles. The Labute approximate surface area is 106 Å². The van der Waals surface area contributed by atoms with Crippen LogP contribution in [0.4, 0.5) is 5.82 Å². The van der Waals surface area contributed by atoms with Crippen LogP contribution in [0, 0.1) is 11.3 Å². The van der Waals surface area contributed by atoms with Crippen molar-refractivity contribution in [2.24, 2.45) is 0 Å². The van der Waals surface area contributed by atoms with Gasteiger partial charge in [0.1, 0.15) is 17.5 Å². The van der Waals surface area contributed by atoms with Crippen LogP contribution >= 0.6 is 0 Å². The van der Waals surface area contributed by atoms with E-state index in [9.17, 15) is 4.79 Å². The van der Waals surface area contributed by atoms with Crippen LogP contribution in [-0.2, 0) is 9.53 Å². The van der Waals surface area contributed by atoms with Gasteiger partial charge in [-0.05, 0) is 30.2 Å². The summed E-state index contributed by atoms with van der Waals surface area (Å²) in [6, 6.07) is 5.10. The fraction of sp³-hybridized carbons (Fsp3) is 0.308. The summed E-state index contributed by atoms with van der Waals surface area (Å²) in [5.41, 5.74) is 6.03. The van der Waals surface area contributed by atoms with Crippen LogP contribution in [0.1, 0.15) is 25.3 Å². The first kappa shape index (κ1) is 13.7. The molecule has 0 aromatic carbocycles. The first-order chi connectivity index (χ1) is 8.67. The number of hydrogen-bond acceptors (Lipinski definition) is 5. The number of unbranched alkanes of at least 4 members (excludes halogenated alkanes) is 1. The van der Waals surface area contributed by atoms with Gasteiger partial charge in [-0.2, -0.15) is 5.26 Å². The lowest BCUT2D eigenvalue weighted by atomic mass is 10.2. The molecule has 0 fully saturated rings. The first-order valence-electron chi connectivity index (χ1n) is 5.67. The van der Waals surface area contributed by atoms with Crippen molar-refractivity contribution < 1.29 is 9.53 Å². The number of nitriles is 1. The molecule has 94 valence electrons. The molecular formula is C13H15N3O2. The zero-order valence-electron chi connectivity index (χ0n) is 10.2. The number of nitrogens with two attached hydrogens (primary N) is 1. The number of hydrogen-bond donors (Lipinski definition) is 1. The molecule has 1 aromatic rings. The Balaban J connectivity index is 2.74. The van der Waals surface area contributed by atoms with E-state index in [4.69, 9.17) is 15.7 Å². The van der Waals surface area contributed by atoms with Crippen LogP contribution < -0.4 is 5.73 Å². The van der Waals surface area contributed by atoms with Crippen molar-refractivity contribution in [2.75, 3.05) is 12.3 Å². The van der Waals surface area contributed by atoms with Crippen molar-refractivity contribution in [3.63, 3.8) is 0 Å². The Morgan fingerprint density at radius 3 is 2.94 bits per heavy atom. The molecule has 2 N–H and O–H groups in total. The van der Waals surface area contributed by atoms with E-state index in [2.05, 4.69) is 4.98 Å². The number of rotatable bonds is 5. The Morgan fingerprint density at radius 2 is 2.39 bits per heavy atom. The van der Waals surface area contributed by atoms with Crippen molar-refractivity contribution in [1.82, 2.24) is 4.98 Å². The summed E-state index contributed by atoms with van der Waals surface area (Å²) in [6.45, 7) is 2.32. The lowest BCUT2D eigenvalue weighted by Crippen LogP contribution is -2.07. The van der Waals surface area contributed by atoms with Gasteiger partial charge in [-0.25, -0.2) is 9.78 Å². The predicted octanol–water partition coefficient (Wildman–Crippen LogP) is 1.91. The summed E-state index contributed by atoms with van der Waals surface area (Å²) >= 11 is 0. The van der Waals surface area contributed by atoms with E-state index in [-0.39, 0.29) is 5.57 Å². The monoisotopic (exact) mass is 245 g/mol. The lowest BCUT2D eigenvalue weighted by molar-refractivity contribution is -0.138. The minimum Gasteiger partial charge on any atom is -0.462 e. The van der Waals surface area contributed by atoms with Crippen LogP contribution in [0.15, 0.2) is 23.9 Å². The molecule has 1 aromatic heterocycles. The molecule has 0 spiro atoms. The maximum Gasteiger partial charge on any atom is 0.348 e. The van der Waals surface area contributed by atoms with Gasteiger partial charge in [0.15, 0.2) is 0 Å². The van der Waals surface area contributed by atoms with Crippen LogP contribution in [0.25, 0.3) is 6.08 Å². The lowest BCUT2D eigenvalue weighted by Gasteiger charge is -2.02. The van der Waals surface area contributed by atoms with Crippen LogP contribution in [0.5, 0.6) is 0 Å². The average molecular weight is 245 g/mol. The standard InChI is InChI=1S/C13H15N3O2/c1-2-3-6-18-13(17)11(8-14)7-10-4-5-12(15)16-9-10/h4-5,7,9H,2-3,6H2,1H3,(H2,15,16)/b11-7-. The third kappa shape index (κ3) is 4.26. The minimum atomic E-state index is -0.609. The molecule has 0 saturated heterocycles. The molecule has 5 heteroatoms. The number of anilines is 1. The summed E-state index contributed by atoms with van der Waals surface area (Å²) in [4.78, 5) is 15.4. The maximum absolute atomic E-state index is 11.6. The molecule has 1 rings (SSSR count). The highest BCUT2D eigenvalue weighted by molar-refractivity contribution is 5.97. The second-order valence-corrected chi connectivity index (χ2v) is 3.68. The number of aromatic nitrogens is 1. The van der Waals surface area contributed by atoms with Gasteiger partial charge in [0.25, 0.3) is 0 Å². The van der Waals surface area contributed by atoms with Gasteiger partial charge < -0.3 is 10.5 Å². The zero-order chi connectivity index (χ0) is 13.4. The fourth-order valence-corrected chi connectivity index (χ4v) is 1.19. The summed E-state index contributed by atoms with van der Waals surface area (Å²) in [7, 11) is 0. The second kappa shape index (κ2) is 7.07. The van der Waals surface area contributed by atoms with Gasteiger partial charge in [-0.1, -0.05) is 13.3 Å². The number of carbonyl (C=O) groups excluding carboxylic acids is 1. The van der Waals surface area contributed by atoms with Gasteiger partial charge in [-0.3, -0.25) is 0 Å². The molecule has 0 unspecified atom stereocenters. The van der Waals surface area contributed by atoms with E-state index >= 15 is 0 Å². The van der Waals surface area contributed by atoms with Crippen LogP contribution in [0.3, 0.4) is 0 Å². The minimum absolute atomic E-state index is 0.0438. The number of pyridine rings is 1. The Kier molecular flexibility index (Phi) is 5.39. The highest BCUT2D eigenvalue weighted by Gasteiger charge is 2.10. The molecule has 0 saturated carbocycles. The highest BCUT2D eigenvalue weighted by Crippen LogP contribution is 2.08. The number of ether oxygens (including phenoxy) is 1. The number of nitrogens with zero attached hydrogens (tertiary/aromatic N) is 2. The third-order valence-electron chi connectivity index (χ3n) is 2.19. The molecule has 0 radical (unpaired) electrons. The smallest absolute Gasteiger partial charge is 0.348 e. The Morgan fingerprint density at radius 1 is 1.61 bits per heavy atom. The summed E-state index contributed by atoms with van der Waals surface area (Å²) < 4.78 is 4.96. The van der Waals surface area contributed by atoms with Gasteiger partial charge in [0.2, 0.25) is 0 Å². The van der Waals surface area contributed by atoms with E-state index in [0.29, 0.717) is 18.0 Å². The molecule has 0 atom stereocenters. The molecule has 0 bridgehead atoms. The van der Waals surface area contributed by atoms with E-state index in [1.807, 2.05) is 13.0 Å². The molecule has 0 aliphatic rings. The molecule has 0 aliphatic heterocycles. The Bertz CT molecular complexity index is 472. The van der Waals surface area contributed by atoms with E-state index in [1.54, 1.807) is 12.1 Å². The zero-order valence-corrected chi connectivity index (χ0v) is 10.2.